The zero-order valence-corrected chi connectivity index (χ0v) is 13.9. The Kier molecular flexibility index (Phi) is 3.53. The molecule has 1 amide bonds. The van der Waals surface area contributed by atoms with Crippen molar-refractivity contribution >= 4 is 16.8 Å². The van der Waals surface area contributed by atoms with Crippen LogP contribution in [0.1, 0.15) is 27.2 Å². The summed E-state index contributed by atoms with van der Waals surface area (Å²) in [5, 5.41) is 0.927. The Morgan fingerprint density at radius 2 is 1.96 bits per heavy atom. The summed E-state index contributed by atoms with van der Waals surface area (Å²) in [6, 6.07) is 14.2. The van der Waals surface area contributed by atoms with Crippen molar-refractivity contribution in [2.45, 2.75) is 19.9 Å². The molecule has 0 saturated carbocycles. The number of hydrogen-bond acceptors (Lipinski definition) is 2. The zero-order chi connectivity index (χ0) is 16.7. The largest absolute Gasteiger partial charge is 0.497 e. The summed E-state index contributed by atoms with van der Waals surface area (Å²) >= 11 is 0. The SMILES string of the molecule is COc1ccc2[nH]c(C)c(C(=O)N3CCc4ccccc4C3)c2c1. The fourth-order valence-corrected chi connectivity index (χ4v) is 3.54. The third-order valence-electron chi connectivity index (χ3n) is 4.82. The van der Waals surface area contributed by atoms with Gasteiger partial charge in [-0.3, -0.25) is 4.79 Å². The summed E-state index contributed by atoms with van der Waals surface area (Å²) < 4.78 is 5.32. The van der Waals surface area contributed by atoms with Crippen LogP contribution in [-0.4, -0.2) is 29.4 Å². The van der Waals surface area contributed by atoms with Gasteiger partial charge in [0.1, 0.15) is 5.75 Å². The number of rotatable bonds is 2. The van der Waals surface area contributed by atoms with Crippen LogP contribution >= 0.6 is 0 Å². The summed E-state index contributed by atoms with van der Waals surface area (Å²) in [5.41, 5.74) is 5.21. The second kappa shape index (κ2) is 5.71. The van der Waals surface area contributed by atoms with Crippen LogP contribution in [0.3, 0.4) is 0 Å². The Morgan fingerprint density at radius 3 is 2.75 bits per heavy atom. The van der Waals surface area contributed by atoms with E-state index >= 15 is 0 Å². The molecule has 4 rings (SSSR count). The van der Waals surface area contributed by atoms with Crippen molar-refractivity contribution in [2.24, 2.45) is 0 Å². The van der Waals surface area contributed by atoms with Gasteiger partial charge < -0.3 is 14.6 Å². The average Bonchev–Trinajstić information content (AvgIpc) is 2.95. The molecule has 1 aromatic heterocycles. The minimum absolute atomic E-state index is 0.0847. The Labute approximate surface area is 141 Å². The van der Waals surface area contributed by atoms with Crippen molar-refractivity contribution in [3.05, 3.63) is 64.8 Å². The number of carbonyl (C=O) groups is 1. The van der Waals surface area contributed by atoms with E-state index in [-0.39, 0.29) is 5.91 Å². The first-order chi connectivity index (χ1) is 11.7. The van der Waals surface area contributed by atoms with Crippen molar-refractivity contribution in [1.82, 2.24) is 9.88 Å². The number of hydrogen-bond donors (Lipinski definition) is 1. The number of ether oxygens (including phenoxy) is 1. The number of carbonyl (C=O) groups excluding carboxylic acids is 1. The third kappa shape index (κ3) is 2.35. The predicted molar refractivity (Wildman–Crippen MR) is 94.5 cm³/mol. The Hall–Kier alpha value is -2.75. The maximum Gasteiger partial charge on any atom is 0.256 e. The standard InChI is InChI=1S/C20H20N2O2/c1-13-19(17-11-16(24-2)7-8-18(17)21-13)20(23)22-10-9-14-5-3-4-6-15(14)12-22/h3-8,11,21H,9-10,12H2,1-2H3. The summed E-state index contributed by atoms with van der Waals surface area (Å²) in [7, 11) is 1.64. The van der Waals surface area contributed by atoms with Crippen LogP contribution in [-0.2, 0) is 13.0 Å². The zero-order valence-electron chi connectivity index (χ0n) is 13.9. The van der Waals surface area contributed by atoms with Crippen LogP contribution in [0.15, 0.2) is 42.5 Å². The van der Waals surface area contributed by atoms with E-state index in [1.807, 2.05) is 36.1 Å². The minimum atomic E-state index is 0.0847. The summed E-state index contributed by atoms with van der Waals surface area (Å²) in [4.78, 5) is 18.4. The lowest BCUT2D eigenvalue weighted by Gasteiger charge is -2.29. The first kappa shape index (κ1) is 14.8. The average molecular weight is 320 g/mol. The van der Waals surface area contributed by atoms with Gasteiger partial charge in [0.05, 0.1) is 12.7 Å². The molecule has 1 aliphatic rings. The highest BCUT2D eigenvalue weighted by molar-refractivity contribution is 6.08. The van der Waals surface area contributed by atoms with Crippen LogP contribution < -0.4 is 4.74 Å². The van der Waals surface area contributed by atoms with Crippen molar-refractivity contribution in [2.75, 3.05) is 13.7 Å². The lowest BCUT2D eigenvalue weighted by atomic mass is 9.99. The molecule has 2 heterocycles. The highest BCUT2D eigenvalue weighted by Gasteiger charge is 2.25. The Bertz CT molecular complexity index is 927. The number of benzene rings is 2. The molecule has 0 aliphatic carbocycles. The summed E-state index contributed by atoms with van der Waals surface area (Å²) in [5.74, 6) is 0.848. The van der Waals surface area contributed by atoms with Crippen LogP contribution in [0.4, 0.5) is 0 Å². The highest BCUT2D eigenvalue weighted by atomic mass is 16.5. The molecule has 1 aliphatic heterocycles. The maximum absolute atomic E-state index is 13.2. The molecule has 3 aromatic rings. The van der Waals surface area contributed by atoms with Crippen LogP contribution in [0.5, 0.6) is 5.75 Å². The second-order valence-corrected chi connectivity index (χ2v) is 6.28. The van der Waals surface area contributed by atoms with Gasteiger partial charge in [-0.1, -0.05) is 24.3 Å². The van der Waals surface area contributed by atoms with Gasteiger partial charge in [0.25, 0.3) is 5.91 Å². The van der Waals surface area contributed by atoms with Gasteiger partial charge in [-0.2, -0.15) is 0 Å². The van der Waals surface area contributed by atoms with Gasteiger partial charge in [0.2, 0.25) is 0 Å². The third-order valence-corrected chi connectivity index (χ3v) is 4.82. The first-order valence-electron chi connectivity index (χ1n) is 8.20. The molecular formula is C20H20N2O2. The van der Waals surface area contributed by atoms with Gasteiger partial charge >= 0.3 is 0 Å². The second-order valence-electron chi connectivity index (χ2n) is 6.28. The molecule has 0 unspecified atom stereocenters. The van der Waals surface area contributed by atoms with E-state index in [1.54, 1.807) is 7.11 Å². The fourth-order valence-electron chi connectivity index (χ4n) is 3.54. The van der Waals surface area contributed by atoms with E-state index in [0.717, 1.165) is 40.9 Å². The predicted octanol–water partition coefficient (Wildman–Crippen LogP) is 3.68. The van der Waals surface area contributed by atoms with Gasteiger partial charge in [-0.15, -0.1) is 0 Å². The van der Waals surface area contributed by atoms with E-state index in [9.17, 15) is 4.79 Å². The van der Waals surface area contributed by atoms with Gasteiger partial charge in [-0.05, 0) is 42.7 Å². The minimum Gasteiger partial charge on any atom is -0.497 e. The van der Waals surface area contributed by atoms with E-state index in [1.165, 1.54) is 11.1 Å². The number of methoxy groups -OCH3 is 1. The molecule has 0 saturated heterocycles. The van der Waals surface area contributed by atoms with E-state index in [2.05, 4.69) is 23.2 Å². The van der Waals surface area contributed by atoms with Gasteiger partial charge in [0.15, 0.2) is 0 Å². The molecule has 0 radical (unpaired) electrons. The lowest BCUT2D eigenvalue weighted by molar-refractivity contribution is 0.0736. The normalized spacial score (nSPS) is 13.8. The Morgan fingerprint density at radius 1 is 1.17 bits per heavy atom. The number of aromatic nitrogens is 1. The topological polar surface area (TPSA) is 45.3 Å². The molecule has 0 fully saturated rings. The summed E-state index contributed by atoms with van der Waals surface area (Å²) in [6.07, 6.45) is 0.909. The molecule has 4 nitrogen and oxygen atoms in total. The molecule has 2 aromatic carbocycles. The highest BCUT2D eigenvalue weighted by Crippen LogP contribution is 2.29. The number of nitrogens with zero attached hydrogens (tertiary/aromatic N) is 1. The van der Waals surface area contributed by atoms with Crippen LogP contribution in [0, 0.1) is 6.92 Å². The maximum atomic E-state index is 13.2. The summed E-state index contributed by atoms with van der Waals surface area (Å²) in [6.45, 7) is 3.38. The number of amides is 1. The van der Waals surface area contributed by atoms with Crippen molar-refractivity contribution in [3.63, 3.8) is 0 Å². The van der Waals surface area contributed by atoms with Crippen LogP contribution in [0.25, 0.3) is 10.9 Å². The molecule has 1 N–H and O–H groups in total. The molecule has 4 heteroatoms. The molecule has 0 bridgehead atoms. The van der Waals surface area contributed by atoms with Crippen LogP contribution in [0.2, 0.25) is 0 Å². The number of aromatic amines is 1. The monoisotopic (exact) mass is 320 g/mol. The number of nitrogens with one attached hydrogen (secondary N) is 1. The van der Waals surface area contributed by atoms with E-state index in [4.69, 9.17) is 4.74 Å². The molecule has 0 spiro atoms. The van der Waals surface area contributed by atoms with Gasteiger partial charge in [0, 0.05) is 29.7 Å². The van der Waals surface area contributed by atoms with Gasteiger partial charge in [-0.25, -0.2) is 0 Å². The first-order valence-corrected chi connectivity index (χ1v) is 8.20. The van der Waals surface area contributed by atoms with Crippen molar-refractivity contribution in [3.8, 4) is 5.75 Å². The molecule has 122 valence electrons. The fraction of sp³-hybridized carbons (Fsp3) is 0.250. The van der Waals surface area contributed by atoms with Crippen molar-refractivity contribution < 1.29 is 9.53 Å². The van der Waals surface area contributed by atoms with Crippen molar-refractivity contribution in [1.29, 1.82) is 0 Å². The Balaban J connectivity index is 1.72. The lowest BCUT2D eigenvalue weighted by Crippen LogP contribution is -2.36. The number of fused-ring (bicyclic) bond motifs is 2. The van der Waals surface area contributed by atoms with E-state index in [0.29, 0.717) is 6.54 Å². The molecule has 0 atom stereocenters. The quantitative estimate of drug-likeness (QED) is 0.783. The smallest absolute Gasteiger partial charge is 0.256 e. The number of aryl methyl sites for hydroxylation is 1. The molecular weight excluding hydrogens is 300 g/mol. The molecule has 24 heavy (non-hydrogen) atoms. The number of H-pyrrole nitrogens is 1. The van der Waals surface area contributed by atoms with E-state index < -0.39 is 0 Å².